The van der Waals surface area contributed by atoms with Crippen LogP contribution in [0.2, 0.25) is 0 Å². The molecule has 15 heteroatoms. The molecule has 0 bridgehead atoms. The van der Waals surface area contributed by atoms with Gasteiger partial charge in [-0.25, -0.2) is 44.9 Å². The normalized spacial score (nSPS) is 11.6. The molecule has 30 aromatic rings. The number of rotatable bonds is 15. The van der Waals surface area contributed by atoms with E-state index in [2.05, 4.69) is 449 Å². The molecule has 0 aliphatic rings. The van der Waals surface area contributed by atoms with Crippen LogP contribution < -0.4 is 0 Å². The van der Waals surface area contributed by atoms with Crippen molar-refractivity contribution in [3.05, 3.63) is 491 Å². The van der Waals surface area contributed by atoms with Crippen molar-refractivity contribution in [3.63, 3.8) is 0 Å². The molecular formula is C135H81N9O3S3. The summed E-state index contributed by atoms with van der Waals surface area (Å²) in [5, 5.41) is 14.0. The Bertz CT molecular complexity index is 10300. The largest absolute Gasteiger partial charge is 0.456 e. The average Bonchev–Trinajstić information content (AvgIpc) is 1.58. The van der Waals surface area contributed by atoms with Crippen molar-refractivity contribution in [2.45, 2.75) is 0 Å². The predicted octanol–water partition coefficient (Wildman–Crippen LogP) is 37.4. The minimum atomic E-state index is 0.595. The van der Waals surface area contributed by atoms with Gasteiger partial charge >= 0.3 is 0 Å². The third kappa shape index (κ3) is 16.8. The minimum Gasteiger partial charge on any atom is -0.456 e. The van der Waals surface area contributed by atoms with Gasteiger partial charge in [-0.2, -0.15) is 0 Å². The Morgan fingerprint density at radius 1 is 0.120 bits per heavy atom. The molecule has 0 unspecified atom stereocenters. The molecule has 12 nitrogen and oxygen atoms in total. The zero-order chi connectivity index (χ0) is 99.1. The predicted molar refractivity (Wildman–Crippen MR) is 622 cm³/mol. The number of fused-ring (bicyclic) bond motifs is 18. The topological polar surface area (TPSA) is 155 Å². The molecule has 9 aromatic heterocycles. The van der Waals surface area contributed by atoms with E-state index in [1.54, 1.807) is 34.0 Å². The molecule has 0 saturated heterocycles. The molecule has 0 N–H and O–H groups in total. The first kappa shape index (κ1) is 88.4. The summed E-state index contributed by atoms with van der Waals surface area (Å²) in [6.45, 7) is 0. The van der Waals surface area contributed by atoms with Gasteiger partial charge in [0.15, 0.2) is 52.4 Å². The van der Waals surface area contributed by atoms with E-state index in [4.69, 9.17) is 58.1 Å². The van der Waals surface area contributed by atoms with Crippen molar-refractivity contribution < 1.29 is 13.3 Å². The van der Waals surface area contributed by atoms with Crippen molar-refractivity contribution >= 4 is 160 Å². The molecule has 0 aliphatic carbocycles. The zero-order valence-corrected chi connectivity index (χ0v) is 82.7. The van der Waals surface area contributed by atoms with Gasteiger partial charge < -0.3 is 13.3 Å². The summed E-state index contributed by atoms with van der Waals surface area (Å²) < 4.78 is 26.8. The van der Waals surface area contributed by atoms with E-state index in [0.29, 0.717) is 52.4 Å². The van der Waals surface area contributed by atoms with Crippen LogP contribution in [0.25, 0.3) is 296 Å². The van der Waals surface area contributed by atoms with Crippen LogP contribution in [0.3, 0.4) is 0 Å². The summed E-state index contributed by atoms with van der Waals surface area (Å²) >= 11 is 5.37. The maximum absolute atomic E-state index is 6.48. The number of furan rings is 3. The first-order valence-electron chi connectivity index (χ1n) is 49.8. The molecular weight excluding hydrogens is 1890 g/mol. The minimum absolute atomic E-state index is 0.595. The van der Waals surface area contributed by atoms with Crippen molar-refractivity contribution in [1.29, 1.82) is 0 Å². The van der Waals surface area contributed by atoms with E-state index in [0.717, 1.165) is 177 Å². The molecule has 21 aromatic carbocycles. The highest BCUT2D eigenvalue weighted by Gasteiger charge is 2.25. The highest BCUT2D eigenvalue weighted by atomic mass is 32.1. The number of aromatic nitrogens is 9. The van der Waals surface area contributed by atoms with Crippen LogP contribution >= 0.6 is 34.0 Å². The Balaban J connectivity index is 0.000000108. The standard InChI is InChI=1S/3C45H27N3OS/c1-3-11-28(12-4-1)30-15-9-16-31(25-30)43-46-44(48-45(47-43)33-21-23-36-35-17-7-8-20-40(35)50-41(36)27-33)32-22-24-37-39(26-32)49-38-19-10-18-34(42(37)38)29-13-5-2-6-14-29;1-3-10-28(11-4-1)30-14-9-15-32(24-30)43-46-44(48-45(47-43)34-19-22-37-36-16-7-8-17-41(36)50-42(37)27-34)33-18-21-35-38-25-31(29-12-5-2-6-13-29)20-23-39(38)49-40(35)26-33;1-3-10-28(11-4-1)30-14-9-15-32(24-30)43-46-44(48-45(47-43)34-20-23-38-37-16-7-8-17-41(37)50-42(38)27-34)33-19-22-36-35-21-18-31(29-12-5-2-6-13-29)25-39(35)49-40(36)26-33/h3*1-27H. The fourth-order valence-electron chi connectivity index (χ4n) is 20.6. The number of hydrogen-bond donors (Lipinski definition) is 0. The van der Waals surface area contributed by atoms with E-state index in [-0.39, 0.29) is 0 Å². The summed E-state index contributed by atoms with van der Waals surface area (Å²) in [6.07, 6.45) is 0. The third-order valence-corrected chi connectivity index (χ3v) is 31.4. The van der Waals surface area contributed by atoms with Crippen LogP contribution in [-0.2, 0) is 0 Å². The van der Waals surface area contributed by atoms with Crippen LogP contribution in [0.1, 0.15) is 0 Å². The second kappa shape index (κ2) is 37.7. The maximum atomic E-state index is 6.48. The molecule has 0 aliphatic heterocycles. The maximum Gasteiger partial charge on any atom is 0.164 e. The first-order valence-corrected chi connectivity index (χ1v) is 52.2. The van der Waals surface area contributed by atoms with Crippen molar-refractivity contribution in [2.75, 3.05) is 0 Å². The van der Waals surface area contributed by atoms with Crippen LogP contribution in [0.15, 0.2) is 505 Å². The van der Waals surface area contributed by atoms with Gasteiger partial charge in [0.25, 0.3) is 0 Å². The second-order valence-electron chi connectivity index (χ2n) is 37.3. The lowest BCUT2D eigenvalue weighted by Crippen LogP contribution is -2.00. The number of thiophene rings is 3. The summed E-state index contributed by atoms with van der Waals surface area (Å²) in [5.41, 5.74) is 26.8. The SMILES string of the molecule is c1ccc(-c2cccc(-c3nc(-c4ccc5c(c4)oc4cc(-c6ccccc6)ccc45)nc(-c4ccc5c(c4)sc4ccccc45)n3)c2)cc1.c1ccc(-c2cccc(-c3nc(-c4ccc5c(c4)oc4ccc(-c6ccccc6)cc45)nc(-c4ccc5c(c4)sc4ccccc45)n3)c2)cc1.c1ccc(-c2cccc(-c3nc(-c4ccc5c(c4)oc4cccc(-c6ccccc6)c45)nc(-c4ccc5c(c4)sc4ccccc45)n3)c2)cc1. The van der Waals surface area contributed by atoms with Gasteiger partial charge in [0, 0.05) is 143 Å². The van der Waals surface area contributed by atoms with E-state index in [9.17, 15) is 0 Å². The van der Waals surface area contributed by atoms with E-state index >= 15 is 0 Å². The van der Waals surface area contributed by atoms with Crippen LogP contribution in [0, 0.1) is 0 Å². The van der Waals surface area contributed by atoms with Crippen molar-refractivity contribution in [3.8, 4) is 169 Å². The van der Waals surface area contributed by atoms with E-state index in [1.165, 1.54) is 66.1 Å². The molecule has 0 radical (unpaired) electrons. The summed E-state index contributed by atoms with van der Waals surface area (Å²) in [4.78, 5) is 45.8. The lowest BCUT2D eigenvalue weighted by Gasteiger charge is -2.10. The fraction of sp³-hybridized carbons (Fsp3) is 0. The molecule has 702 valence electrons. The zero-order valence-electron chi connectivity index (χ0n) is 80.2. The Labute approximate surface area is 872 Å². The number of hydrogen-bond acceptors (Lipinski definition) is 15. The average molecular weight is 1970 g/mol. The lowest BCUT2D eigenvalue weighted by atomic mass is 9.99. The molecule has 0 spiro atoms. The number of nitrogens with zero attached hydrogens (tertiary/aromatic N) is 9. The Kier molecular flexibility index (Phi) is 22.2. The summed E-state index contributed by atoms with van der Waals surface area (Å²) in [6, 6.07) is 171. The van der Waals surface area contributed by atoms with Gasteiger partial charge in [0.1, 0.15) is 33.5 Å². The summed E-state index contributed by atoms with van der Waals surface area (Å²) in [5.74, 6) is 5.54. The van der Waals surface area contributed by atoms with Gasteiger partial charge in [-0.3, -0.25) is 0 Å². The van der Waals surface area contributed by atoms with Gasteiger partial charge in [-0.15, -0.1) is 34.0 Å². The number of benzene rings is 21. The molecule has 0 atom stereocenters. The van der Waals surface area contributed by atoms with Gasteiger partial charge in [0.05, 0.1) is 0 Å². The highest BCUT2D eigenvalue weighted by Crippen LogP contribution is 2.46. The Morgan fingerprint density at radius 3 is 0.707 bits per heavy atom. The van der Waals surface area contributed by atoms with Crippen molar-refractivity contribution in [2.24, 2.45) is 0 Å². The Morgan fingerprint density at radius 2 is 0.347 bits per heavy atom. The van der Waals surface area contributed by atoms with E-state index in [1.807, 2.05) is 42.5 Å². The van der Waals surface area contributed by atoms with E-state index < -0.39 is 0 Å². The molecule has 30 rings (SSSR count). The van der Waals surface area contributed by atoms with Gasteiger partial charge in [-0.05, 0) is 188 Å². The second-order valence-corrected chi connectivity index (χ2v) is 40.6. The first-order chi connectivity index (χ1) is 74.2. The van der Waals surface area contributed by atoms with Gasteiger partial charge in [0.2, 0.25) is 0 Å². The molecule has 0 saturated carbocycles. The smallest absolute Gasteiger partial charge is 0.164 e. The fourth-order valence-corrected chi connectivity index (χ4v) is 24.0. The van der Waals surface area contributed by atoms with Crippen LogP contribution in [0.4, 0.5) is 0 Å². The lowest BCUT2D eigenvalue weighted by molar-refractivity contribution is 0.668. The summed E-state index contributed by atoms with van der Waals surface area (Å²) in [7, 11) is 0. The quantitative estimate of drug-likeness (QED) is 0.0959. The van der Waals surface area contributed by atoms with Gasteiger partial charge in [-0.1, -0.05) is 370 Å². The molecule has 0 amide bonds. The van der Waals surface area contributed by atoms with Crippen molar-refractivity contribution in [1.82, 2.24) is 44.9 Å². The van der Waals surface area contributed by atoms with Crippen LogP contribution in [-0.4, -0.2) is 44.9 Å². The monoisotopic (exact) mass is 1970 g/mol. The molecule has 9 heterocycles. The Hall–Kier alpha value is -19.3. The molecule has 0 fully saturated rings. The highest BCUT2D eigenvalue weighted by molar-refractivity contribution is 7.26. The van der Waals surface area contributed by atoms with Crippen LogP contribution in [0.5, 0.6) is 0 Å². The third-order valence-electron chi connectivity index (χ3n) is 28.0. The molecule has 150 heavy (non-hydrogen) atoms.